The first-order chi connectivity index (χ1) is 7.58. The van der Waals surface area contributed by atoms with Gasteiger partial charge in [-0.05, 0) is 32.0 Å². The summed E-state index contributed by atoms with van der Waals surface area (Å²) in [5, 5.41) is 3.37. The van der Waals surface area contributed by atoms with Crippen LogP contribution < -0.4 is 10.1 Å². The van der Waals surface area contributed by atoms with Gasteiger partial charge in [0.05, 0.1) is 18.9 Å². The first kappa shape index (κ1) is 13.3. The van der Waals surface area contributed by atoms with Gasteiger partial charge in [-0.25, -0.2) is 0 Å². The third-order valence-electron chi connectivity index (χ3n) is 2.62. The predicted octanol–water partition coefficient (Wildman–Crippen LogP) is 3.29. The quantitative estimate of drug-likeness (QED) is 0.901. The third-order valence-corrected chi connectivity index (χ3v) is 3.11. The highest BCUT2D eigenvalue weighted by molar-refractivity contribution is 9.10. The van der Waals surface area contributed by atoms with Crippen LogP contribution >= 0.6 is 15.9 Å². The van der Waals surface area contributed by atoms with Crippen molar-refractivity contribution >= 4 is 21.6 Å². The van der Waals surface area contributed by atoms with Gasteiger partial charge in [-0.15, -0.1) is 0 Å². The summed E-state index contributed by atoms with van der Waals surface area (Å²) in [5.41, 5.74) is 0.966. The van der Waals surface area contributed by atoms with Gasteiger partial charge in [0.25, 0.3) is 0 Å². The molecule has 0 aliphatic carbocycles. The highest BCUT2D eigenvalue weighted by Crippen LogP contribution is 2.28. The molecule has 0 saturated heterocycles. The van der Waals surface area contributed by atoms with E-state index in [9.17, 15) is 0 Å². The predicted molar refractivity (Wildman–Crippen MR) is 70.2 cm³/mol. The zero-order valence-electron chi connectivity index (χ0n) is 10.1. The fourth-order valence-corrected chi connectivity index (χ4v) is 1.72. The number of ether oxygens (including phenoxy) is 2. The van der Waals surface area contributed by atoms with Crippen LogP contribution in [0.3, 0.4) is 0 Å². The molecule has 0 aromatic heterocycles. The third kappa shape index (κ3) is 3.39. The van der Waals surface area contributed by atoms with E-state index in [-0.39, 0.29) is 12.1 Å². The van der Waals surface area contributed by atoms with Crippen molar-refractivity contribution in [3.05, 3.63) is 22.7 Å². The molecule has 1 N–H and O–H groups in total. The molecule has 1 rings (SSSR count). The number of nitrogens with one attached hydrogen (secondary N) is 1. The van der Waals surface area contributed by atoms with Crippen LogP contribution in [0.15, 0.2) is 22.7 Å². The molecule has 2 atom stereocenters. The summed E-state index contributed by atoms with van der Waals surface area (Å²) in [4.78, 5) is 0. The summed E-state index contributed by atoms with van der Waals surface area (Å²) in [6.07, 6.45) is 0.142. The van der Waals surface area contributed by atoms with E-state index in [2.05, 4.69) is 28.2 Å². The van der Waals surface area contributed by atoms with Gasteiger partial charge in [-0.2, -0.15) is 0 Å². The first-order valence-electron chi connectivity index (χ1n) is 5.21. The van der Waals surface area contributed by atoms with E-state index in [0.717, 1.165) is 15.9 Å². The van der Waals surface area contributed by atoms with Gasteiger partial charge >= 0.3 is 0 Å². The molecule has 0 saturated carbocycles. The average molecular weight is 288 g/mol. The Labute approximate surface area is 105 Å². The van der Waals surface area contributed by atoms with E-state index in [1.54, 1.807) is 14.2 Å². The largest absolute Gasteiger partial charge is 0.495 e. The number of benzene rings is 1. The molecular formula is C12H18BrNO2. The van der Waals surface area contributed by atoms with Gasteiger partial charge in [-0.3, -0.25) is 0 Å². The maximum absolute atomic E-state index is 5.29. The summed E-state index contributed by atoms with van der Waals surface area (Å²) in [6, 6.07) is 6.09. The van der Waals surface area contributed by atoms with E-state index in [1.165, 1.54) is 0 Å². The molecule has 1 aromatic rings. The molecule has 2 unspecified atom stereocenters. The molecule has 0 aliphatic rings. The van der Waals surface area contributed by atoms with Crippen LogP contribution in [0.25, 0.3) is 0 Å². The Morgan fingerprint density at radius 1 is 1.25 bits per heavy atom. The van der Waals surface area contributed by atoms with Gasteiger partial charge in [0, 0.05) is 17.6 Å². The monoisotopic (exact) mass is 287 g/mol. The Balaban J connectivity index is 2.82. The summed E-state index contributed by atoms with van der Waals surface area (Å²) in [7, 11) is 3.37. The Hall–Kier alpha value is -0.740. The molecule has 0 heterocycles. The molecule has 90 valence electrons. The Kier molecular flexibility index (Phi) is 5.09. The fourth-order valence-electron chi connectivity index (χ4n) is 1.36. The van der Waals surface area contributed by atoms with E-state index in [4.69, 9.17) is 9.47 Å². The highest BCUT2D eigenvalue weighted by atomic mass is 79.9. The van der Waals surface area contributed by atoms with E-state index in [1.807, 2.05) is 25.1 Å². The summed E-state index contributed by atoms with van der Waals surface area (Å²) in [6.45, 7) is 4.11. The lowest BCUT2D eigenvalue weighted by molar-refractivity contribution is 0.106. The fraction of sp³-hybridized carbons (Fsp3) is 0.500. The summed E-state index contributed by atoms with van der Waals surface area (Å²) >= 11 is 3.44. The topological polar surface area (TPSA) is 30.5 Å². The second-order valence-electron chi connectivity index (χ2n) is 3.72. The zero-order chi connectivity index (χ0) is 12.1. The molecule has 0 aliphatic heterocycles. The van der Waals surface area contributed by atoms with Crippen LogP contribution in [0.4, 0.5) is 5.69 Å². The minimum Gasteiger partial charge on any atom is -0.495 e. The lowest BCUT2D eigenvalue weighted by Crippen LogP contribution is -2.29. The van der Waals surface area contributed by atoms with Gasteiger partial charge in [-0.1, -0.05) is 15.9 Å². The molecule has 0 bridgehead atoms. The van der Waals surface area contributed by atoms with Gasteiger partial charge in [0.15, 0.2) is 0 Å². The number of anilines is 1. The lowest BCUT2D eigenvalue weighted by Gasteiger charge is -2.22. The first-order valence-corrected chi connectivity index (χ1v) is 6.00. The second kappa shape index (κ2) is 6.11. The minimum atomic E-state index is 0.142. The maximum atomic E-state index is 5.29. The molecule has 0 amide bonds. The Morgan fingerprint density at radius 2 is 1.94 bits per heavy atom. The molecule has 16 heavy (non-hydrogen) atoms. The lowest BCUT2D eigenvalue weighted by atomic mass is 10.2. The van der Waals surface area contributed by atoms with Gasteiger partial charge in [0.1, 0.15) is 5.75 Å². The van der Waals surface area contributed by atoms with Crippen LogP contribution in [0.2, 0.25) is 0 Å². The average Bonchev–Trinajstić information content (AvgIpc) is 2.28. The van der Waals surface area contributed by atoms with Crippen molar-refractivity contribution in [2.75, 3.05) is 19.5 Å². The molecular weight excluding hydrogens is 270 g/mol. The van der Waals surface area contributed by atoms with Gasteiger partial charge < -0.3 is 14.8 Å². The summed E-state index contributed by atoms with van der Waals surface area (Å²) < 4.78 is 11.6. The molecule has 0 spiro atoms. The maximum Gasteiger partial charge on any atom is 0.142 e. The molecule has 0 radical (unpaired) electrons. The SMILES string of the molecule is COc1ccc(Br)cc1NC(C)C(C)OC. The molecule has 4 heteroatoms. The number of methoxy groups -OCH3 is 2. The summed E-state index contributed by atoms with van der Waals surface area (Å²) in [5.74, 6) is 0.832. The minimum absolute atomic E-state index is 0.142. The number of halogens is 1. The van der Waals surface area contributed by atoms with Crippen LogP contribution in [-0.4, -0.2) is 26.4 Å². The normalized spacial score (nSPS) is 14.3. The van der Waals surface area contributed by atoms with Crippen molar-refractivity contribution in [3.63, 3.8) is 0 Å². The van der Waals surface area contributed by atoms with Crippen molar-refractivity contribution in [3.8, 4) is 5.75 Å². The van der Waals surface area contributed by atoms with E-state index in [0.29, 0.717) is 0 Å². The standard InChI is InChI=1S/C12H18BrNO2/c1-8(9(2)15-3)14-11-7-10(13)5-6-12(11)16-4/h5-9,14H,1-4H3. The number of hydrogen-bond acceptors (Lipinski definition) is 3. The Morgan fingerprint density at radius 3 is 2.50 bits per heavy atom. The number of hydrogen-bond donors (Lipinski definition) is 1. The van der Waals surface area contributed by atoms with Crippen molar-refractivity contribution in [2.45, 2.75) is 26.0 Å². The van der Waals surface area contributed by atoms with E-state index >= 15 is 0 Å². The molecule has 0 fully saturated rings. The van der Waals surface area contributed by atoms with Crippen molar-refractivity contribution in [2.24, 2.45) is 0 Å². The Bertz CT molecular complexity index is 344. The smallest absolute Gasteiger partial charge is 0.142 e. The van der Waals surface area contributed by atoms with Crippen molar-refractivity contribution in [1.29, 1.82) is 0 Å². The van der Waals surface area contributed by atoms with Crippen LogP contribution in [0.1, 0.15) is 13.8 Å². The van der Waals surface area contributed by atoms with Gasteiger partial charge in [0.2, 0.25) is 0 Å². The zero-order valence-corrected chi connectivity index (χ0v) is 11.7. The van der Waals surface area contributed by atoms with Crippen LogP contribution in [0.5, 0.6) is 5.75 Å². The molecule has 3 nitrogen and oxygen atoms in total. The molecule has 1 aromatic carbocycles. The number of rotatable bonds is 5. The second-order valence-corrected chi connectivity index (χ2v) is 4.63. The van der Waals surface area contributed by atoms with Crippen molar-refractivity contribution < 1.29 is 9.47 Å². The van der Waals surface area contributed by atoms with E-state index < -0.39 is 0 Å². The van der Waals surface area contributed by atoms with Crippen molar-refractivity contribution in [1.82, 2.24) is 0 Å². The van der Waals surface area contributed by atoms with Crippen LogP contribution in [-0.2, 0) is 4.74 Å². The van der Waals surface area contributed by atoms with Crippen LogP contribution in [0, 0.1) is 0 Å². The highest BCUT2D eigenvalue weighted by Gasteiger charge is 2.13.